The lowest BCUT2D eigenvalue weighted by Gasteiger charge is -2.28. The number of methoxy groups -OCH3 is 1. The highest BCUT2D eigenvalue weighted by molar-refractivity contribution is 7.90. The van der Waals surface area contributed by atoms with E-state index in [1.165, 1.54) is 31.4 Å². The maximum atomic E-state index is 12.2. The van der Waals surface area contributed by atoms with E-state index in [1.54, 1.807) is 6.92 Å². The lowest BCUT2D eigenvalue weighted by Crippen LogP contribution is -2.50. The molecule has 0 heterocycles. The molecule has 0 saturated carbocycles. The van der Waals surface area contributed by atoms with Crippen LogP contribution in [0.3, 0.4) is 0 Å². The molecule has 0 aromatic heterocycles. The van der Waals surface area contributed by atoms with Crippen molar-refractivity contribution in [2.75, 3.05) is 20.0 Å². The quantitative estimate of drug-likeness (QED) is 0.762. The fourth-order valence-electron chi connectivity index (χ4n) is 2.00. The maximum absolute atomic E-state index is 12.2. The van der Waals surface area contributed by atoms with Gasteiger partial charge in [-0.1, -0.05) is 6.07 Å². The largest absolute Gasteiger partial charge is 0.481 e. The zero-order chi connectivity index (χ0) is 17.0. The number of sulfone groups is 1. The smallest absolute Gasteiger partial charge is 0.305 e. The van der Waals surface area contributed by atoms with Crippen LogP contribution in [-0.4, -0.2) is 50.9 Å². The standard InChI is InChI=1S/C14H19NO6S/c1-14(9-21-2,8-12(16)17)15-13(18)10-5-4-6-11(7-10)22(3,19)20/h4-7H,8-9H2,1-3H3,(H,15,18)(H,16,17). The van der Waals surface area contributed by atoms with Crippen LogP contribution in [-0.2, 0) is 19.4 Å². The molecule has 0 aliphatic rings. The van der Waals surface area contributed by atoms with E-state index in [-0.39, 0.29) is 23.5 Å². The van der Waals surface area contributed by atoms with Crippen LogP contribution in [0.5, 0.6) is 0 Å². The molecule has 1 unspecified atom stereocenters. The van der Waals surface area contributed by atoms with Gasteiger partial charge in [0.15, 0.2) is 9.84 Å². The fraction of sp³-hybridized carbons (Fsp3) is 0.429. The molecule has 0 bridgehead atoms. The molecule has 0 aliphatic carbocycles. The number of carboxylic acids is 1. The Morgan fingerprint density at radius 3 is 2.50 bits per heavy atom. The minimum atomic E-state index is -3.43. The van der Waals surface area contributed by atoms with Crippen LogP contribution in [0.1, 0.15) is 23.7 Å². The number of hydrogen-bond donors (Lipinski definition) is 2. The zero-order valence-electron chi connectivity index (χ0n) is 12.6. The fourth-order valence-corrected chi connectivity index (χ4v) is 2.66. The molecular weight excluding hydrogens is 310 g/mol. The Morgan fingerprint density at radius 1 is 1.36 bits per heavy atom. The van der Waals surface area contributed by atoms with Gasteiger partial charge in [-0.15, -0.1) is 0 Å². The van der Waals surface area contributed by atoms with Crippen molar-refractivity contribution in [3.8, 4) is 0 Å². The summed E-state index contributed by atoms with van der Waals surface area (Å²) < 4.78 is 28.0. The number of ether oxygens (including phenoxy) is 1. The second-order valence-electron chi connectivity index (χ2n) is 5.32. The number of hydrogen-bond acceptors (Lipinski definition) is 5. The third-order valence-corrected chi connectivity index (χ3v) is 4.05. The first-order chi connectivity index (χ1) is 10.1. The number of rotatable bonds is 7. The average Bonchev–Trinajstić information content (AvgIpc) is 2.36. The first-order valence-corrected chi connectivity index (χ1v) is 8.30. The van der Waals surface area contributed by atoms with E-state index in [4.69, 9.17) is 9.84 Å². The minimum absolute atomic E-state index is 0.0107. The average molecular weight is 329 g/mol. The molecule has 22 heavy (non-hydrogen) atoms. The molecule has 1 aromatic carbocycles. The number of aliphatic carboxylic acids is 1. The van der Waals surface area contributed by atoms with Gasteiger partial charge in [0.05, 0.1) is 23.5 Å². The first kappa shape index (κ1) is 18.1. The van der Waals surface area contributed by atoms with E-state index in [1.807, 2.05) is 0 Å². The van der Waals surface area contributed by atoms with Crippen molar-refractivity contribution in [3.63, 3.8) is 0 Å². The molecule has 122 valence electrons. The van der Waals surface area contributed by atoms with Gasteiger partial charge in [0.25, 0.3) is 5.91 Å². The zero-order valence-corrected chi connectivity index (χ0v) is 13.4. The van der Waals surface area contributed by atoms with Gasteiger partial charge in [-0.05, 0) is 25.1 Å². The van der Waals surface area contributed by atoms with Gasteiger partial charge in [0.2, 0.25) is 0 Å². The van der Waals surface area contributed by atoms with E-state index in [0.717, 1.165) is 6.26 Å². The molecule has 0 fully saturated rings. The highest BCUT2D eigenvalue weighted by Crippen LogP contribution is 2.15. The number of nitrogens with one attached hydrogen (secondary N) is 1. The van der Waals surface area contributed by atoms with Crippen LogP contribution >= 0.6 is 0 Å². The van der Waals surface area contributed by atoms with Crippen molar-refractivity contribution in [1.29, 1.82) is 0 Å². The molecule has 8 heteroatoms. The second kappa shape index (κ2) is 6.89. The highest BCUT2D eigenvalue weighted by atomic mass is 32.2. The number of carbonyl (C=O) groups excluding carboxylic acids is 1. The Morgan fingerprint density at radius 2 is 2.00 bits per heavy atom. The van der Waals surface area contributed by atoms with E-state index in [0.29, 0.717) is 0 Å². The molecular formula is C14H19NO6S. The van der Waals surface area contributed by atoms with Crippen molar-refractivity contribution < 1.29 is 27.9 Å². The Hall–Kier alpha value is -1.93. The number of carbonyl (C=O) groups is 2. The third-order valence-electron chi connectivity index (χ3n) is 2.94. The summed E-state index contributed by atoms with van der Waals surface area (Å²) in [6, 6.07) is 5.55. The lowest BCUT2D eigenvalue weighted by molar-refractivity contribution is -0.139. The van der Waals surface area contributed by atoms with E-state index in [2.05, 4.69) is 5.32 Å². The Balaban J connectivity index is 3.02. The van der Waals surface area contributed by atoms with E-state index < -0.39 is 27.3 Å². The predicted octanol–water partition coefficient (Wildman–Crippen LogP) is 0.700. The summed E-state index contributed by atoms with van der Waals surface area (Å²) in [5.41, 5.74) is -0.964. The van der Waals surface area contributed by atoms with Gasteiger partial charge in [-0.2, -0.15) is 0 Å². The van der Waals surface area contributed by atoms with Crippen LogP contribution in [0.15, 0.2) is 29.2 Å². The van der Waals surface area contributed by atoms with E-state index in [9.17, 15) is 18.0 Å². The number of carboxylic acid groups (broad SMARTS) is 1. The van der Waals surface area contributed by atoms with Crippen molar-refractivity contribution >= 4 is 21.7 Å². The SMILES string of the molecule is COCC(C)(CC(=O)O)NC(=O)c1cccc(S(C)(=O)=O)c1. The Labute approximate surface area is 129 Å². The highest BCUT2D eigenvalue weighted by Gasteiger charge is 2.30. The van der Waals surface area contributed by atoms with Crippen LogP contribution in [0.4, 0.5) is 0 Å². The number of benzene rings is 1. The summed E-state index contributed by atoms with van der Waals surface area (Å²) in [6.45, 7) is 1.56. The predicted molar refractivity (Wildman–Crippen MR) is 79.6 cm³/mol. The summed E-state index contributed by atoms with van der Waals surface area (Å²) in [5.74, 6) is -1.64. The molecule has 7 nitrogen and oxygen atoms in total. The van der Waals surface area contributed by atoms with Crippen LogP contribution in [0, 0.1) is 0 Å². The summed E-state index contributed by atoms with van der Waals surface area (Å²) in [4.78, 5) is 23.2. The van der Waals surface area contributed by atoms with Gasteiger partial charge < -0.3 is 15.2 Å². The summed E-state index contributed by atoms with van der Waals surface area (Å²) in [5, 5.41) is 11.5. The van der Waals surface area contributed by atoms with Gasteiger partial charge >= 0.3 is 5.97 Å². The monoisotopic (exact) mass is 329 g/mol. The maximum Gasteiger partial charge on any atom is 0.305 e. The topological polar surface area (TPSA) is 110 Å². The van der Waals surface area contributed by atoms with E-state index >= 15 is 0 Å². The molecule has 0 aliphatic heterocycles. The van der Waals surface area contributed by atoms with Gasteiger partial charge in [0, 0.05) is 18.9 Å². The first-order valence-electron chi connectivity index (χ1n) is 6.41. The minimum Gasteiger partial charge on any atom is -0.481 e. The number of amides is 1. The molecule has 1 atom stereocenters. The second-order valence-corrected chi connectivity index (χ2v) is 7.33. The van der Waals surface area contributed by atoms with Crippen LogP contribution < -0.4 is 5.32 Å². The third kappa shape index (κ3) is 5.12. The molecule has 1 rings (SSSR count). The molecule has 0 spiro atoms. The molecule has 0 saturated heterocycles. The van der Waals surface area contributed by atoms with Gasteiger partial charge in [-0.3, -0.25) is 9.59 Å². The lowest BCUT2D eigenvalue weighted by atomic mass is 9.98. The molecule has 1 aromatic rings. The van der Waals surface area contributed by atoms with Gasteiger partial charge in [-0.25, -0.2) is 8.42 Å². The van der Waals surface area contributed by atoms with Crippen molar-refractivity contribution in [2.45, 2.75) is 23.8 Å². The molecule has 2 N–H and O–H groups in total. The summed E-state index contributed by atoms with van der Waals surface area (Å²) in [6.07, 6.45) is 0.724. The van der Waals surface area contributed by atoms with Crippen molar-refractivity contribution in [1.82, 2.24) is 5.32 Å². The normalized spacial score (nSPS) is 14.1. The van der Waals surface area contributed by atoms with Crippen LogP contribution in [0.25, 0.3) is 0 Å². The Kier molecular flexibility index (Phi) is 5.67. The molecule has 1 amide bonds. The summed E-state index contributed by atoms with van der Waals surface area (Å²) in [7, 11) is -2.03. The van der Waals surface area contributed by atoms with Crippen molar-refractivity contribution in [3.05, 3.63) is 29.8 Å². The molecule has 0 radical (unpaired) electrons. The summed E-state index contributed by atoms with van der Waals surface area (Å²) >= 11 is 0. The van der Waals surface area contributed by atoms with Gasteiger partial charge in [0.1, 0.15) is 0 Å². The van der Waals surface area contributed by atoms with Crippen LogP contribution in [0.2, 0.25) is 0 Å². The Bertz CT molecular complexity index is 670. The van der Waals surface area contributed by atoms with Crippen molar-refractivity contribution in [2.24, 2.45) is 0 Å².